The van der Waals surface area contributed by atoms with Crippen LogP contribution in [0, 0.1) is 6.92 Å². The number of halogens is 1. The molecule has 140 valence electrons. The highest BCUT2D eigenvalue weighted by atomic mass is 127. The fourth-order valence-electron chi connectivity index (χ4n) is 2.01. The second-order valence-electron chi connectivity index (χ2n) is 5.49. The van der Waals surface area contributed by atoms with E-state index in [1.54, 1.807) is 11.3 Å². The van der Waals surface area contributed by atoms with Gasteiger partial charge in [-0.25, -0.2) is 4.98 Å². The highest BCUT2D eigenvalue weighted by molar-refractivity contribution is 14.0. The first-order valence-electron chi connectivity index (χ1n) is 8.77. The first kappa shape index (κ1) is 23.6. The number of hydrogen-bond acceptors (Lipinski definition) is 4. The minimum Gasteiger partial charge on any atom is -0.381 e. The van der Waals surface area contributed by atoms with Gasteiger partial charge in [0.05, 0.1) is 5.01 Å². The molecule has 0 amide bonds. The van der Waals surface area contributed by atoms with Crippen molar-refractivity contribution in [1.82, 2.24) is 15.6 Å². The molecule has 1 aromatic rings. The highest BCUT2D eigenvalue weighted by Gasteiger charge is 1.99. The van der Waals surface area contributed by atoms with E-state index >= 15 is 0 Å². The van der Waals surface area contributed by atoms with Crippen LogP contribution in [0.4, 0.5) is 0 Å². The standard InChI is InChI=1S/C17H32N4OS.HI/c1-4-6-12-22-13-8-11-20-17(18-5-2)19-10-7-9-16-21-15(3)14-23-16;/h14H,4-13H2,1-3H3,(H2,18,19,20);1H. The van der Waals surface area contributed by atoms with E-state index in [0.29, 0.717) is 0 Å². The van der Waals surface area contributed by atoms with Gasteiger partial charge in [0, 0.05) is 50.3 Å². The Hall–Kier alpha value is -0.410. The molecule has 24 heavy (non-hydrogen) atoms. The van der Waals surface area contributed by atoms with E-state index in [0.717, 1.165) is 70.2 Å². The SMILES string of the molecule is CCCCOCCCNC(=NCCCc1nc(C)cs1)NCC.I. The molecule has 0 saturated carbocycles. The zero-order valence-electron chi connectivity index (χ0n) is 15.3. The minimum absolute atomic E-state index is 0. The van der Waals surface area contributed by atoms with Crippen molar-refractivity contribution >= 4 is 41.3 Å². The Kier molecular flexibility index (Phi) is 15.8. The van der Waals surface area contributed by atoms with Gasteiger partial charge in [-0.1, -0.05) is 13.3 Å². The zero-order valence-corrected chi connectivity index (χ0v) is 18.4. The van der Waals surface area contributed by atoms with E-state index in [-0.39, 0.29) is 24.0 Å². The number of unbranched alkanes of at least 4 members (excludes halogenated alkanes) is 1. The van der Waals surface area contributed by atoms with Gasteiger partial charge in [0.1, 0.15) is 0 Å². The van der Waals surface area contributed by atoms with Gasteiger partial charge in [-0.3, -0.25) is 4.99 Å². The highest BCUT2D eigenvalue weighted by Crippen LogP contribution is 2.10. The molecule has 7 heteroatoms. The van der Waals surface area contributed by atoms with Crippen LogP contribution >= 0.6 is 35.3 Å². The number of guanidine groups is 1. The second kappa shape index (κ2) is 16.1. The number of aryl methyl sites for hydroxylation is 2. The monoisotopic (exact) mass is 468 g/mol. The maximum atomic E-state index is 5.56. The maximum absolute atomic E-state index is 5.56. The number of aliphatic imine (C=N–C) groups is 1. The molecule has 2 N–H and O–H groups in total. The Morgan fingerprint density at radius 2 is 2.00 bits per heavy atom. The summed E-state index contributed by atoms with van der Waals surface area (Å²) in [6, 6.07) is 0. The van der Waals surface area contributed by atoms with Gasteiger partial charge >= 0.3 is 0 Å². The van der Waals surface area contributed by atoms with Crippen LogP contribution in [0.3, 0.4) is 0 Å². The first-order chi connectivity index (χ1) is 11.3. The summed E-state index contributed by atoms with van der Waals surface area (Å²) in [5.41, 5.74) is 1.12. The van der Waals surface area contributed by atoms with Crippen LogP contribution < -0.4 is 10.6 Å². The average Bonchev–Trinajstić information content (AvgIpc) is 2.96. The molecule has 0 radical (unpaired) electrons. The lowest BCUT2D eigenvalue weighted by Gasteiger charge is -2.11. The lowest BCUT2D eigenvalue weighted by Crippen LogP contribution is -2.38. The number of nitrogens with zero attached hydrogens (tertiary/aromatic N) is 2. The summed E-state index contributed by atoms with van der Waals surface area (Å²) in [4.78, 5) is 9.09. The molecule has 0 unspecified atom stereocenters. The van der Waals surface area contributed by atoms with Gasteiger partial charge < -0.3 is 15.4 Å². The molecule has 0 aliphatic heterocycles. The van der Waals surface area contributed by atoms with Crippen LogP contribution in [-0.4, -0.2) is 43.8 Å². The van der Waals surface area contributed by atoms with Gasteiger partial charge in [-0.05, 0) is 33.1 Å². The lowest BCUT2D eigenvalue weighted by atomic mass is 10.3. The zero-order chi connectivity index (χ0) is 16.8. The van der Waals surface area contributed by atoms with E-state index in [9.17, 15) is 0 Å². The predicted molar refractivity (Wildman–Crippen MR) is 115 cm³/mol. The molecule has 0 aliphatic rings. The fraction of sp³-hybridized carbons (Fsp3) is 0.765. The van der Waals surface area contributed by atoms with Crippen LogP contribution in [0.2, 0.25) is 0 Å². The minimum atomic E-state index is 0. The van der Waals surface area contributed by atoms with Gasteiger partial charge in [0.25, 0.3) is 0 Å². The number of hydrogen-bond donors (Lipinski definition) is 2. The molecule has 5 nitrogen and oxygen atoms in total. The molecule has 0 saturated heterocycles. The predicted octanol–water partition coefficient (Wildman–Crippen LogP) is 3.76. The van der Waals surface area contributed by atoms with Gasteiger partial charge in [0.2, 0.25) is 0 Å². The third-order valence-electron chi connectivity index (χ3n) is 3.23. The van der Waals surface area contributed by atoms with Gasteiger partial charge in [-0.2, -0.15) is 0 Å². The Morgan fingerprint density at radius 1 is 1.21 bits per heavy atom. The van der Waals surface area contributed by atoms with E-state index in [4.69, 9.17) is 4.74 Å². The number of nitrogens with one attached hydrogen (secondary N) is 2. The number of thiazole rings is 1. The fourth-order valence-corrected chi connectivity index (χ4v) is 2.83. The Morgan fingerprint density at radius 3 is 2.67 bits per heavy atom. The molecule has 1 aromatic heterocycles. The third-order valence-corrected chi connectivity index (χ3v) is 4.26. The first-order valence-corrected chi connectivity index (χ1v) is 9.65. The normalized spacial score (nSPS) is 11.2. The van der Waals surface area contributed by atoms with Gasteiger partial charge in [-0.15, -0.1) is 35.3 Å². The molecule has 0 fully saturated rings. The quantitative estimate of drug-likeness (QED) is 0.212. The molecule has 1 rings (SSSR count). The number of ether oxygens (including phenoxy) is 1. The topological polar surface area (TPSA) is 58.5 Å². The lowest BCUT2D eigenvalue weighted by molar-refractivity contribution is 0.129. The van der Waals surface area contributed by atoms with Crippen LogP contribution in [-0.2, 0) is 11.2 Å². The Balaban J connectivity index is 0.00000529. The van der Waals surface area contributed by atoms with Crippen molar-refractivity contribution in [3.8, 4) is 0 Å². The van der Waals surface area contributed by atoms with Gasteiger partial charge in [0.15, 0.2) is 5.96 Å². The third kappa shape index (κ3) is 12.0. The molecule has 0 aliphatic carbocycles. The van der Waals surface area contributed by atoms with Crippen LogP contribution in [0.25, 0.3) is 0 Å². The second-order valence-corrected chi connectivity index (χ2v) is 6.44. The largest absolute Gasteiger partial charge is 0.381 e. The van der Waals surface area contributed by atoms with Crippen molar-refractivity contribution in [1.29, 1.82) is 0 Å². The summed E-state index contributed by atoms with van der Waals surface area (Å²) in [5, 5.41) is 9.95. The molecule has 0 aromatic carbocycles. The summed E-state index contributed by atoms with van der Waals surface area (Å²) in [5.74, 6) is 0.899. The van der Waals surface area contributed by atoms with Crippen molar-refractivity contribution in [2.24, 2.45) is 4.99 Å². The van der Waals surface area contributed by atoms with Crippen molar-refractivity contribution in [2.75, 3.05) is 32.8 Å². The molecular formula is C17H33IN4OS. The summed E-state index contributed by atoms with van der Waals surface area (Å²) < 4.78 is 5.56. The Labute approximate surface area is 168 Å². The summed E-state index contributed by atoms with van der Waals surface area (Å²) in [6.45, 7) is 10.6. The van der Waals surface area contributed by atoms with Crippen molar-refractivity contribution in [2.45, 2.75) is 52.9 Å². The van der Waals surface area contributed by atoms with Crippen molar-refractivity contribution in [3.63, 3.8) is 0 Å². The van der Waals surface area contributed by atoms with Crippen LogP contribution in [0.5, 0.6) is 0 Å². The number of aromatic nitrogens is 1. The number of rotatable bonds is 12. The average molecular weight is 468 g/mol. The molecule has 0 spiro atoms. The van der Waals surface area contributed by atoms with E-state index in [1.165, 1.54) is 11.4 Å². The maximum Gasteiger partial charge on any atom is 0.191 e. The van der Waals surface area contributed by atoms with E-state index < -0.39 is 0 Å². The molecule has 0 atom stereocenters. The Bertz CT molecular complexity index is 440. The molecular weight excluding hydrogens is 435 g/mol. The summed E-state index contributed by atoms with van der Waals surface area (Å²) >= 11 is 1.74. The summed E-state index contributed by atoms with van der Waals surface area (Å²) in [6.07, 6.45) is 5.38. The molecule has 0 bridgehead atoms. The smallest absolute Gasteiger partial charge is 0.191 e. The van der Waals surface area contributed by atoms with Crippen LogP contribution in [0.15, 0.2) is 10.4 Å². The van der Waals surface area contributed by atoms with Crippen molar-refractivity contribution < 1.29 is 4.74 Å². The molecule has 1 heterocycles. The van der Waals surface area contributed by atoms with Crippen LogP contribution in [0.1, 0.15) is 50.2 Å². The summed E-state index contributed by atoms with van der Waals surface area (Å²) in [7, 11) is 0. The van der Waals surface area contributed by atoms with E-state index in [1.807, 2.05) is 6.92 Å². The van der Waals surface area contributed by atoms with E-state index in [2.05, 4.69) is 39.8 Å². The van der Waals surface area contributed by atoms with Crippen molar-refractivity contribution in [3.05, 3.63) is 16.1 Å².